The van der Waals surface area contributed by atoms with E-state index in [0.29, 0.717) is 6.04 Å². The molecule has 2 aromatic rings. The highest BCUT2D eigenvalue weighted by Crippen LogP contribution is 2.47. The van der Waals surface area contributed by atoms with E-state index in [2.05, 4.69) is 41.0 Å². The molecule has 3 aliphatic rings. The number of likely N-dealkylation sites (tertiary alicyclic amines) is 1. The predicted molar refractivity (Wildman–Crippen MR) is 115 cm³/mol. The molecule has 2 aliphatic carbocycles. The van der Waals surface area contributed by atoms with Crippen LogP contribution in [0.3, 0.4) is 0 Å². The standard InChI is InChI=1S/C23H34N6/c1-22(2,3)21-27-19-17(20(28-21)26-16-6-4-7-16)8-10-23(19)9-5-13-29(15-23)14-18-24-11-12-25-18/h11-12,16H,4-10,13-15H2,1-3H3,(H,24,25)(H,26,27,28). The zero-order valence-electron chi connectivity index (χ0n) is 18.1. The molecule has 6 heteroatoms. The third kappa shape index (κ3) is 3.56. The van der Waals surface area contributed by atoms with Crippen LogP contribution in [0.1, 0.15) is 82.2 Å². The second-order valence-corrected chi connectivity index (χ2v) is 10.4. The smallest absolute Gasteiger partial charge is 0.136 e. The Bertz CT molecular complexity index is 864. The van der Waals surface area contributed by atoms with Crippen molar-refractivity contribution in [3.05, 3.63) is 35.3 Å². The monoisotopic (exact) mass is 394 g/mol. The number of anilines is 1. The van der Waals surface area contributed by atoms with Gasteiger partial charge in [0.05, 0.1) is 12.2 Å². The molecule has 2 N–H and O–H groups in total. The summed E-state index contributed by atoms with van der Waals surface area (Å²) in [5.74, 6) is 3.18. The van der Waals surface area contributed by atoms with Crippen molar-refractivity contribution in [2.24, 2.45) is 0 Å². The minimum Gasteiger partial charge on any atom is -0.367 e. The summed E-state index contributed by atoms with van der Waals surface area (Å²) in [6.45, 7) is 9.80. The van der Waals surface area contributed by atoms with Crippen molar-refractivity contribution in [3.8, 4) is 0 Å². The molecule has 1 saturated heterocycles. The fraction of sp³-hybridized carbons (Fsp3) is 0.696. The Morgan fingerprint density at radius 3 is 2.76 bits per heavy atom. The van der Waals surface area contributed by atoms with E-state index in [4.69, 9.17) is 9.97 Å². The molecule has 1 unspecified atom stereocenters. The topological polar surface area (TPSA) is 69.7 Å². The minimum absolute atomic E-state index is 0.0443. The highest BCUT2D eigenvalue weighted by molar-refractivity contribution is 5.53. The SMILES string of the molecule is CC(C)(C)c1nc(NC2CCC2)c2c(n1)C1(CCCN(Cc3ncc[nH]3)C1)CC2. The number of nitrogens with zero attached hydrogens (tertiary/aromatic N) is 4. The molecule has 0 aromatic carbocycles. The van der Waals surface area contributed by atoms with E-state index < -0.39 is 0 Å². The summed E-state index contributed by atoms with van der Waals surface area (Å²) in [6, 6.07) is 0.597. The van der Waals surface area contributed by atoms with Gasteiger partial charge in [-0.2, -0.15) is 0 Å². The molecule has 0 bridgehead atoms. The van der Waals surface area contributed by atoms with Gasteiger partial charge >= 0.3 is 0 Å². The maximum absolute atomic E-state index is 5.24. The van der Waals surface area contributed by atoms with Crippen molar-refractivity contribution in [2.45, 2.75) is 89.1 Å². The van der Waals surface area contributed by atoms with Gasteiger partial charge in [0.1, 0.15) is 17.5 Å². The number of nitrogens with one attached hydrogen (secondary N) is 2. The summed E-state index contributed by atoms with van der Waals surface area (Å²) in [5, 5.41) is 3.78. The van der Waals surface area contributed by atoms with Crippen LogP contribution in [0.2, 0.25) is 0 Å². The van der Waals surface area contributed by atoms with Crippen LogP contribution in [0.5, 0.6) is 0 Å². The van der Waals surface area contributed by atoms with E-state index in [1.807, 2.05) is 12.4 Å². The highest BCUT2D eigenvalue weighted by atomic mass is 15.2. The molecule has 2 fully saturated rings. The first-order valence-electron chi connectivity index (χ1n) is 11.3. The van der Waals surface area contributed by atoms with E-state index >= 15 is 0 Å². The normalized spacial score (nSPS) is 25.2. The molecule has 3 heterocycles. The van der Waals surface area contributed by atoms with Gasteiger partial charge in [0, 0.05) is 41.4 Å². The van der Waals surface area contributed by atoms with Gasteiger partial charge in [0.2, 0.25) is 0 Å². The number of imidazole rings is 1. The third-order valence-electron chi connectivity index (χ3n) is 7.06. The zero-order chi connectivity index (χ0) is 20.1. The highest BCUT2D eigenvalue weighted by Gasteiger charge is 2.45. The molecule has 1 atom stereocenters. The van der Waals surface area contributed by atoms with Gasteiger partial charge in [0.15, 0.2) is 0 Å². The van der Waals surface area contributed by atoms with Gasteiger partial charge in [-0.05, 0) is 51.5 Å². The Hall–Kier alpha value is -1.95. The molecule has 0 amide bonds. The summed E-state index contributed by atoms with van der Waals surface area (Å²) < 4.78 is 0. The molecule has 2 aromatic heterocycles. The summed E-state index contributed by atoms with van der Waals surface area (Å²) >= 11 is 0. The lowest BCUT2D eigenvalue weighted by Crippen LogP contribution is -2.45. The van der Waals surface area contributed by atoms with Crippen LogP contribution in [0.4, 0.5) is 5.82 Å². The average Bonchev–Trinajstić information content (AvgIpc) is 3.26. The lowest BCUT2D eigenvalue weighted by molar-refractivity contribution is 0.134. The quantitative estimate of drug-likeness (QED) is 0.822. The fourth-order valence-electron chi connectivity index (χ4n) is 5.20. The lowest BCUT2D eigenvalue weighted by atomic mass is 9.77. The van der Waals surface area contributed by atoms with Gasteiger partial charge in [-0.15, -0.1) is 0 Å². The zero-order valence-corrected chi connectivity index (χ0v) is 18.1. The van der Waals surface area contributed by atoms with Gasteiger partial charge in [-0.1, -0.05) is 20.8 Å². The second kappa shape index (κ2) is 7.08. The van der Waals surface area contributed by atoms with Crippen LogP contribution in [-0.4, -0.2) is 44.0 Å². The Labute approximate surface area is 173 Å². The maximum atomic E-state index is 5.24. The Kier molecular flexibility index (Phi) is 4.65. The van der Waals surface area contributed by atoms with Gasteiger partial charge < -0.3 is 10.3 Å². The van der Waals surface area contributed by atoms with Gasteiger partial charge in [-0.3, -0.25) is 4.90 Å². The van der Waals surface area contributed by atoms with Crippen LogP contribution in [0.25, 0.3) is 0 Å². The van der Waals surface area contributed by atoms with Gasteiger partial charge in [0.25, 0.3) is 0 Å². The predicted octanol–water partition coefficient (Wildman–Crippen LogP) is 3.94. The molecule has 0 radical (unpaired) electrons. The number of fused-ring (bicyclic) bond motifs is 2. The maximum Gasteiger partial charge on any atom is 0.136 e. The second-order valence-electron chi connectivity index (χ2n) is 10.4. The van der Waals surface area contributed by atoms with Crippen molar-refractivity contribution < 1.29 is 0 Å². The Balaban J connectivity index is 1.49. The van der Waals surface area contributed by atoms with E-state index in [1.54, 1.807) is 0 Å². The molecule has 1 spiro atoms. The van der Waals surface area contributed by atoms with E-state index in [-0.39, 0.29) is 10.8 Å². The van der Waals surface area contributed by atoms with Crippen LogP contribution < -0.4 is 5.32 Å². The molecule has 1 saturated carbocycles. The molecular weight excluding hydrogens is 360 g/mol. The molecule has 5 rings (SSSR count). The van der Waals surface area contributed by atoms with Gasteiger partial charge in [-0.25, -0.2) is 15.0 Å². The number of aromatic nitrogens is 4. The largest absolute Gasteiger partial charge is 0.367 e. The first-order valence-corrected chi connectivity index (χ1v) is 11.3. The molecular formula is C23H34N6. The van der Waals surface area contributed by atoms with Crippen molar-refractivity contribution in [1.29, 1.82) is 0 Å². The van der Waals surface area contributed by atoms with Crippen molar-refractivity contribution >= 4 is 5.82 Å². The number of H-pyrrole nitrogens is 1. The summed E-state index contributed by atoms with van der Waals surface area (Å²) in [5.41, 5.74) is 2.85. The van der Waals surface area contributed by atoms with Crippen molar-refractivity contribution in [1.82, 2.24) is 24.8 Å². The van der Waals surface area contributed by atoms with Crippen molar-refractivity contribution in [3.63, 3.8) is 0 Å². The van der Waals surface area contributed by atoms with Crippen LogP contribution in [0, 0.1) is 0 Å². The summed E-state index contributed by atoms with van der Waals surface area (Å²) in [6.07, 6.45) is 12.4. The fourth-order valence-corrected chi connectivity index (χ4v) is 5.20. The summed E-state index contributed by atoms with van der Waals surface area (Å²) in [4.78, 5) is 20.6. The van der Waals surface area contributed by atoms with Crippen molar-refractivity contribution in [2.75, 3.05) is 18.4 Å². The van der Waals surface area contributed by atoms with E-state index in [9.17, 15) is 0 Å². The van der Waals surface area contributed by atoms with E-state index in [1.165, 1.54) is 49.8 Å². The molecule has 6 nitrogen and oxygen atoms in total. The number of aromatic amines is 1. The Morgan fingerprint density at radius 2 is 2.07 bits per heavy atom. The molecule has 1 aliphatic heterocycles. The first kappa shape index (κ1) is 19.0. The van der Waals surface area contributed by atoms with E-state index in [0.717, 1.165) is 43.5 Å². The van der Waals surface area contributed by atoms with Crippen LogP contribution in [0.15, 0.2) is 12.4 Å². The minimum atomic E-state index is -0.0443. The average molecular weight is 395 g/mol. The van der Waals surface area contributed by atoms with Crippen LogP contribution >= 0.6 is 0 Å². The number of hydrogen-bond acceptors (Lipinski definition) is 5. The number of rotatable bonds is 4. The number of hydrogen-bond donors (Lipinski definition) is 2. The molecule has 29 heavy (non-hydrogen) atoms. The van der Waals surface area contributed by atoms with Crippen LogP contribution in [-0.2, 0) is 23.8 Å². The Morgan fingerprint density at radius 1 is 1.21 bits per heavy atom. The third-order valence-corrected chi connectivity index (χ3v) is 7.06. The lowest BCUT2D eigenvalue weighted by Gasteiger charge is -2.40. The summed E-state index contributed by atoms with van der Waals surface area (Å²) in [7, 11) is 0. The molecule has 156 valence electrons. The number of piperidine rings is 1. The first-order chi connectivity index (χ1) is 13.9.